The molecule has 2 rings (SSSR count). The fraction of sp³-hybridized carbons (Fsp3) is 0.333. The van der Waals surface area contributed by atoms with Gasteiger partial charge in [-0.05, 0) is 24.1 Å². The minimum absolute atomic E-state index is 0.0951. The molecule has 0 aliphatic heterocycles. The zero-order valence-corrected chi connectivity index (χ0v) is 11.6. The van der Waals surface area contributed by atoms with E-state index in [1.54, 1.807) is 19.4 Å². The summed E-state index contributed by atoms with van der Waals surface area (Å²) in [5.41, 5.74) is 1.90. The molecule has 20 heavy (non-hydrogen) atoms. The monoisotopic (exact) mass is 275 g/mol. The molecule has 0 amide bonds. The number of ether oxygens (including phenoxy) is 1. The number of pyridine rings is 2. The Morgan fingerprint density at radius 1 is 1.20 bits per heavy atom. The number of hydrogen-bond donors (Lipinski definition) is 1. The summed E-state index contributed by atoms with van der Waals surface area (Å²) in [6.45, 7) is 2.74. The van der Waals surface area contributed by atoms with Crippen LogP contribution in [0.2, 0.25) is 0 Å². The maximum atomic E-state index is 12.9. The van der Waals surface area contributed by atoms with Crippen LogP contribution in [0.4, 0.5) is 4.39 Å². The molecule has 0 saturated heterocycles. The van der Waals surface area contributed by atoms with Gasteiger partial charge >= 0.3 is 0 Å². The summed E-state index contributed by atoms with van der Waals surface area (Å²) in [6.07, 6.45) is 3.90. The van der Waals surface area contributed by atoms with Crippen LogP contribution in [0.1, 0.15) is 30.6 Å². The second-order valence-corrected chi connectivity index (χ2v) is 4.45. The number of rotatable bonds is 6. The number of nitrogens with one attached hydrogen (secondary N) is 1. The minimum atomic E-state index is -0.317. The molecule has 0 aromatic carbocycles. The molecule has 1 atom stereocenters. The Kier molecular flexibility index (Phi) is 5.01. The first-order valence-corrected chi connectivity index (χ1v) is 6.56. The van der Waals surface area contributed by atoms with Crippen LogP contribution in [0.5, 0.6) is 5.88 Å². The predicted octanol–water partition coefficient (Wildman–Crippen LogP) is 2.87. The van der Waals surface area contributed by atoms with Gasteiger partial charge in [-0.1, -0.05) is 13.0 Å². The Labute approximate surface area is 118 Å². The summed E-state index contributed by atoms with van der Waals surface area (Å²) in [5, 5.41) is 3.39. The van der Waals surface area contributed by atoms with E-state index in [9.17, 15) is 4.39 Å². The van der Waals surface area contributed by atoms with E-state index in [-0.39, 0.29) is 11.9 Å². The van der Waals surface area contributed by atoms with E-state index in [1.807, 2.05) is 12.1 Å². The Hall–Kier alpha value is -2.01. The van der Waals surface area contributed by atoms with Crippen LogP contribution in [-0.2, 0) is 6.54 Å². The first-order chi connectivity index (χ1) is 9.72. The Morgan fingerprint density at radius 2 is 2.05 bits per heavy atom. The summed E-state index contributed by atoms with van der Waals surface area (Å²) >= 11 is 0. The predicted molar refractivity (Wildman–Crippen MR) is 74.9 cm³/mol. The van der Waals surface area contributed by atoms with Crippen molar-refractivity contribution in [2.24, 2.45) is 0 Å². The topological polar surface area (TPSA) is 47.0 Å². The van der Waals surface area contributed by atoms with Crippen molar-refractivity contribution in [3.8, 4) is 5.88 Å². The average Bonchev–Trinajstić information content (AvgIpc) is 2.50. The summed E-state index contributed by atoms with van der Waals surface area (Å²) < 4.78 is 17.9. The second kappa shape index (κ2) is 6.96. The minimum Gasteiger partial charge on any atom is -0.481 e. The molecule has 1 N–H and O–H groups in total. The third kappa shape index (κ3) is 3.74. The Morgan fingerprint density at radius 3 is 2.60 bits per heavy atom. The lowest BCUT2D eigenvalue weighted by Gasteiger charge is -2.16. The van der Waals surface area contributed by atoms with Crippen LogP contribution in [0.3, 0.4) is 0 Å². The van der Waals surface area contributed by atoms with E-state index >= 15 is 0 Å². The van der Waals surface area contributed by atoms with Gasteiger partial charge in [-0.2, -0.15) is 0 Å². The molecule has 0 radical (unpaired) electrons. The van der Waals surface area contributed by atoms with E-state index < -0.39 is 0 Å². The number of hydrogen-bond acceptors (Lipinski definition) is 4. The third-order valence-corrected chi connectivity index (χ3v) is 3.07. The average molecular weight is 275 g/mol. The van der Waals surface area contributed by atoms with Crippen molar-refractivity contribution in [3.63, 3.8) is 0 Å². The van der Waals surface area contributed by atoms with Gasteiger partial charge in [0, 0.05) is 24.8 Å². The maximum Gasteiger partial charge on any atom is 0.212 e. The zero-order chi connectivity index (χ0) is 14.4. The lowest BCUT2D eigenvalue weighted by Crippen LogP contribution is -2.21. The van der Waals surface area contributed by atoms with Crippen molar-refractivity contribution in [2.45, 2.75) is 25.9 Å². The molecule has 0 saturated carbocycles. The fourth-order valence-electron chi connectivity index (χ4n) is 1.93. The molecular formula is C15H18FN3O. The van der Waals surface area contributed by atoms with Crippen molar-refractivity contribution < 1.29 is 9.13 Å². The first kappa shape index (κ1) is 14.4. The molecule has 106 valence electrons. The highest BCUT2D eigenvalue weighted by Crippen LogP contribution is 2.15. The third-order valence-electron chi connectivity index (χ3n) is 3.07. The summed E-state index contributed by atoms with van der Waals surface area (Å²) in [5.74, 6) is 0.281. The largest absolute Gasteiger partial charge is 0.481 e. The van der Waals surface area contributed by atoms with Gasteiger partial charge < -0.3 is 10.1 Å². The molecule has 1 unspecified atom stereocenters. The highest BCUT2D eigenvalue weighted by atomic mass is 19.1. The lowest BCUT2D eigenvalue weighted by atomic mass is 10.1. The number of aromatic nitrogens is 2. The molecule has 0 aliphatic rings. The summed E-state index contributed by atoms with van der Waals surface area (Å²) in [4.78, 5) is 8.27. The van der Waals surface area contributed by atoms with Crippen molar-refractivity contribution in [3.05, 3.63) is 53.7 Å². The van der Waals surface area contributed by atoms with Crippen LogP contribution < -0.4 is 10.1 Å². The van der Waals surface area contributed by atoms with Gasteiger partial charge in [0.2, 0.25) is 5.88 Å². The number of methoxy groups -OCH3 is 1. The molecule has 2 aromatic rings. The van der Waals surface area contributed by atoms with Crippen molar-refractivity contribution in [1.82, 2.24) is 15.3 Å². The lowest BCUT2D eigenvalue weighted by molar-refractivity contribution is 0.397. The molecule has 4 nitrogen and oxygen atoms in total. The van der Waals surface area contributed by atoms with Crippen molar-refractivity contribution in [1.29, 1.82) is 0 Å². The van der Waals surface area contributed by atoms with E-state index in [1.165, 1.54) is 12.3 Å². The maximum absolute atomic E-state index is 12.9. The van der Waals surface area contributed by atoms with Gasteiger partial charge in [0.1, 0.15) is 5.82 Å². The normalized spacial score (nSPS) is 12.2. The molecule has 0 bridgehead atoms. The van der Waals surface area contributed by atoms with Crippen LogP contribution in [0.15, 0.2) is 36.7 Å². The fourth-order valence-corrected chi connectivity index (χ4v) is 1.93. The van der Waals surface area contributed by atoms with Crippen LogP contribution in [0, 0.1) is 5.82 Å². The molecule has 0 fully saturated rings. The molecule has 0 spiro atoms. The second-order valence-electron chi connectivity index (χ2n) is 4.45. The standard InChI is InChI=1S/C15H18FN3O/c1-3-13(14-6-5-12(16)10-18-14)17-8-11-4-7-15(20-2)19-9-11/h4-7,9-10,13,17H,3,8H2,1-2H3. The van der Waals surface area contributed by atoms with E-state index in [0.29, 0.717) is 12.4 Å². The Balaban J connectivity index is 1.97. The molecule has 5 heteroatoms. The van der Waals surface area contributed by atoms with Crippen molar-refractivity contribution >= 4 is 0 Å². The summed E-state index contributed by atoms with van der Waals surface area (Å²) in [6, 6.07) is 7.03. The Bertz CT molecular complexity index is 528. The van der Waals surface area contributed by atoms with Crippen LogP contribution >= 0.6 is 0 Å². The van der Waals surface area contributed by atoms with E-state index in [4.69, 9.17) is 4.74 Å². The molecule has 0 aliphatic carbocycles. The van der Waals surface area contributed by atoms with Gasteiger partial charge in [-0.15, -0.1) is 0 Å². The van der Waals surface area contributed by atoms with Gasteiger partial charge in [-0.3, -0.25) is 4.98 Å². The highest BCUT2D eigenvalue weighted by Gasteiger charge is 2.10. The SMILES string of the molecule is CCC(NCc1ccc(OC)nc1)c1ccc(F)cn1. The number of halogens is 1. The van der Waals surface area contributed by atoms with Gasteiger partial charge in [0.15, 0.2) is 0 Å². The zero-order valence-electron chi connectivity index (χ0n) is 11.6. The summed E-state index contributed by atoms with van der Waals surface area (Å²) in [7, 11) is 1.59. The van der Waals surface area contributed by atoms with E-state index in [0.717, 1.165) is 17.7 Å². The smallest absolute Gasteiger partial charge is 0.212 e. The number of nitrogens with zero attached hydrogens (tertiary/aromatic N) is 2. The first-order valence-electron chi connectivity index (χ1n) is 6.56. The van der Waals surface area contributed by atoms with Gasteiger partial charge in [0.25, 0.3) is 0 Å². The van der Waals surface area contributed by atoms with Crippen molar-refractivity contribution in [2.75, 3.05) is 7.11 Å². The molecular weight excluding hydrogens is 257 g/mol. The molecule has 2 aromatic heterocycles. The quantitative estimate of drug-likeness (QED) is 0.880. The molecule has 2 heterocycles. The van der Waals surface area contributed by atoms with Crippen LogP contribution in [-0.4, -0.2) is 17.1 Å². The highest BCUT2D eigenvalue weighted by molar-refractivity contribution is 5.18. The van der Waals surface area contributed by atoms with Gasteiger partial charge in [-0.25, -0.2) is 9.37 Å². The van der Waals surface area contributed by atoms with Crippen LogP contribution in [0.25, 0.3) is 0 Å². The van der Waals surface area contributed by atoms with Gasteiger partial charge in [0.05, 0.1) is 19.0 Å². The van der Waals surface area contributed by atoms with E-state index in [2.05, 4.69) is 22.2 Å².